The van der Waals surface area contributed by atoms with Crippen LogP contribution in [0.25, 0.3) is 11.3 Å². The number of furan rings is 1. The Morgan fingerprint density at radius 1 is 1.00 bits per heavy atom. The van der Waals surface area contributed by atoms with Crippen LogP contribution in [0.5, 0.6) is 0 Å². The third-order valence-electron chi connectivity index (χ3n) is 5.15. The molecule has 166 valence electrons. The summed E-state index contributed by atoms with van der Waals surface area (Å²) in [5.41, 5.74) is -0.0808. The van der Waals surface area contributed by atoms with Crippen molar-refractivity contribution in [2.24, 2.45) is 0 Å². The van der Waals surface area contributed by atoms with Crippen molar-refractivity contribution in [1.82, 2.24) is 9.21 Å². The van der Waals surface area contributed by atoms with Crippen molar-refractivity contribution in [1.29, 1.82) is 0 Å². The predicted molar refractivity (Wildman–Crippen MR) is 112 cm³/mol. The van der Waals surface area contributed by atoms with E-state index in [1.807, 2.05) is 0 Å². The minimum absolute atomic E-state index is 0.0254. The van der Waals surface area contributed by atoms with Crippen molar-refractivity contribution in [2.45, 2.75) is 4.90 Å². The fourth-order valence-corrected chi connectivity index (χ4v) is 4.91. The number of non-ortho nitro benzene ring substituents is 1. The first kappa shape index (κ1) is 21.7. The Labute approximate surface area is 182 Å². The summed E-state index contributed by atoms with van der Waals surface area (Å²) in [5.74, 6) is -0.655. The second-order valence-corrected chi connectivity index (χ2v) is 9.03. The molecule has 1 aliphatic heterocycles. The largest absolute Gasteiger partial charge is 0.451 e. The van der Waals surface area contributed by atoms with Gasteiger partial charge in [0.1, 0.15) is 11.6 Å². The highest BCUT2D eigenvalue weighted by molar-refractivity contribution is 7.89. The van der Waals surface area contributed by atoms with Gasteiger partial charge in [0.05, 0.1) is 15.4 Å². The van der Waals surface area contributed by atoms with Gasteiger partial charge in [0.2, 0.25) is 10.0 Å². The van der Waals surface area contributed by atoms with Crippen molar-refractivity contribution in [3.8, 4) is 11.3 Å². The van der Waals surface area contributed by atoms with Gasteiger partial charge in [-0.3, -0.25) is 14.9 Å². The summed E-state index contributed by atoms with van der Waals surface area (Å²) in [6.07, 6.45) is 0. The van der Waals surface area contributed by atoms with Crippen LogP contribution in [0.1, 0.15) is 10.6 Å². The van der Waals surface area contributed by atoms with E-state index in [1.54, 1.807) is 18.2 Å². The molecule has 4 rings (SSSR count). The molecule has 1 amide bonds. The number of nitrogens with zero attached hydrogens (tertiary/aromatic N) is 3. The molecule has 0 spiro atoms. The van der Waals surface area contributed by atoms with Crippen LogP contribution in [0.2, 0.25) is 0 Å². The van der Waals surface area contributed by atoms with Crippen LogP contribution in [0.3, 0.4) is 0 Å². The van der Waals surface area contributed by atoms with E-state index in [0.717, 1.165) is 6.07 Å². The van der Waals surface area contributed by atoms with Crippen LogP contribution in [0.15, 0.2) is 70.0 Å². The van der Waals surface area contributed by atoms with Gasteiger partial charge in [0.15, 0.2) is 5.76 Å². The van der Waals surface area contributed by atoms with Gasteiger partial charge in [-0.25, -0.2) is 12.8 Å². The number of sulfonamides is 1. The van der Waals surface area contributed by atoms with Gasteiger partial charge in [-0.05, 0) is 30.3 Å². The van der Waals surface area contributed by atoms with E-state index in [0.29, 0.717) is 0 Å². The Hall–Kier alpha value is -3.57. The number of nitro groups is 1. The lowest BCUT2D eigenvalue weighted by Gasteiger charge is -2.33. The van der Waals surface area contributed by atoms with Gasteiger partial charge < -0.3 is 9.32 Å². The fraction of sp³-hybridized carbons (Fsp3) is 0.190. The monoisotopic (exact) mass is 459 g/mol. The van der Waals surface area contributed by atoms with Crippen LogP contribution in [-0.2, 0) is 10.0 Å². The predicted octanol–water partition coefficient (Wildman–Crippen LogP) is 3.14. The van der Waals surface area contributed by atoms with Gasteiger partial charge in [0.25, 0.3) is 11.6 Å². The molecule has 3 aromatic rings. The zero-order chi connectivity index (χ0) is 22.9. The summed E-state index contributed by atoms with van der Waals surface area (Å²) in [7, 11) is -3.94. The molecule has 0 aliphatic carbocycles. The van der Waals surface area contributed by atoms with E-state index in [4.69, 9.17) is 4.42 Å². The van der Waals surface area contributed by atoms with Gasteiger partial charge in [0, 0.05) is 38.3 Å². The summed E-state index contributed by atoms with van der Waals surface area (Å²) in [5, 5.41) is 10.9. The standard InChI is InChI=1S/C21H18FN3O6S/c22-18-7-2-1-6-17(18)19-8-9-20(31-19)21(26)23-10-12-24(13-11-23)32(29,30)16-5-3-4-15(14-16)25(27)28/h1-9,14H,10-13H2. The topological polar surface area (TPSA) is 114 Å². The zero-order valence-electron chi connectivity index (χ0n) is 16.7. The van der Waals surface area contributed by atoms with Crippen molar-refractivity contribution in [3.05, 3.63) is 82.4 Å². The van der Waals surface area contributed by atoms with Gasteiger partial charge in [-0.1, -0.05) is 18.2 Å². The summed E-state index contributed by atoms with van der Waals surface area (Å²) < 4.78 is 46.4. The number of amides is 1. The van der Waals surface area contributed by atoms with E-state index in [2.05, 4.69) is 0 Å². The highest BCUT2D eigenvalue weighted by Gasteiger charge is 2.32. The lowest BCUT2D eigenvalue weighted by molar-refractivity contribution is -0.385. The fourth-order valence-electron chi connectivity index (χ4n) is 3.45. The van der Waals surface area contributed by atoms with Gasteiger partial charge in [-0.2, -0.15) is 4.31 Å². The molecule has 0 atom stereocenters. The molecule has 9 nitrogen and oxygen atoms in total. The molecule has 0 saturated carbocycles. The maximum atomic E-state index is 13.9. The van der Waals surface area contributed by atoms with E-state index < -0.39 is 26.7 Å². The second kappa shape index (κ2) is 8.52. The van der Waals surface area contributed by atoms with Crippen molar-refractivity contribution in [2.75, 3.05) is 26.2 Å². The molecule has 2 heterocycles. The average Bonchev–Trinajstić information content (AvgIpc) is 3.29. The lowest BCUT2D eigenvalue weighted by Crippen LogP contribution is -2.50. The Balaban J connectivity index is 1.45. The SMILES string of the molecule is O=C(c1ccc(-c2ccccc2F)o1)N1CCN(S(=O)(=O)c2cccc([N+](=O)[O-])c2)CC1. The van der Waals surface area contributed by atoms with Crippen molar-refractivity contribution < 1.29 is 26.9 Å². The minimum atomic E-state index is -3.94. The number of piperazine rings is 1. The number of nitro benzene ring substituents is 1. The number of hydrogen-bond acceptors (Lipinski definition) is 6. The van der Waals surface area contributed by atoms with Crippen LogP contribution in [-0.4, -0.2) is 54.6 Å². The van der Waals surface area contributed by atoms with Crippen LogP contribution in [0.4, 0.5) is 10.1 Å². The maximum Gasteiger partial charge on any atom is 0.289 e. The molecule has 1 fully saturated rings. The number of carbonyl (C=O) groups is 1. The van der Waals surface area contributed by atoms with Crippen LogP contribution in [0, 0.1) is 15.9 Å². The lowest BCUT2D eigenvalue weighted by atomic mass is 10.1. The molecule has 2 aromatic carbocycles. The van der Waals surface area contributed by atoms with E-state index in [1.165, 1.54) is 45.6 Å². The number of rotatable bonds is 5. The molecule has 1 aliphatic rings. The second-order valence-electron chi connectivity index (χ2n) is 7.09. The van der Waals surface area contributed by atoms with Crippen LogP contribution >= 0.6 is 0 Å². The Kier molecular flexibility index (Phi) is 5.76. The zero-order valence-corrected chi connectivity index (χ0v) is 17.5. The molecule has 11 heteroatoms. The number of benzene rings is 2. The molecule has 0 radical (unpaired) electrons. The average molecular weight is 459 g/mol. The Morgan fingerprint density at radius 3 is 2.41 bits per heavy atom. The van der Waals surface area contributed by atoms with Crippen molar-refractivity contribution in [3.63, 3.8) is 0 Å². The number of halogens is 1. The highest BCUT2D eigenvalue weighted by Crippen LogP contribution is 2.26. The van der Waals surface area contributed by atoms with Gasteiger partial charge in [-0.15, -0.1) is 0 Å². The molecule has 1 saturated heterocycles. The minimum Gasteiger partial charge on any atom is -0.451 e. The molecular formula is C21H18FN3O6S. The number of carbonyl (C=O) groups excluding carboxylic acids is 1. The molecule has 0 unspecified atom stereocenters. The number of hydrogen-bond donors (Lipinski definition) is 0. The van der Waals surface area contributed by atoms with Crippen LogP contribution < -0.4 is 0 Å². The summed E-state index contributed by atoms with van der Waals surface area (Å²) in [6, 6.07) is 13.8. The Morgan fingerprint density at radius 2 is 1.72 bits per heavy atom. The highest BCUT2D eigenvalue weighted by atomic mass is 32.2. The first-order valence-electron chi connectivity index (χ1n) is 9.66. The van der Waals surface area contributed by atoms with Gasteiger partial charge >= 0.3 is 0 Å². The smallest absolute Gasteiger partial charge is 0.289 e. The van der Waals surface area contributed by atoms with Crippen molar-refractivity contribution >= 4 is 21.6 Å². The normalized spacial score (nSPS) is 15.0. The third-order valence-corrected chi connectivity index (χ3v) is 7.04. The first-order valence-corrected chi connectivity index (χ1v) is 11.1. The molecule has 0 N–H and O–H groups in total. The Bertz CT molecular complexity index is 1280. The quantitative estimate of drug-likeness (QED) is 0.428. The molecule has 0 bridgehead atoms. The van der Waals surface area contributed by atoms with E-state index >= 15 is 0 Å². The third kappa shape index (κ3) is 4.12. The first-order chi connectivity index (χ1) is 15.3. The molecule has 1 aromatic heterocycles. The summed E-state index contributed by atoms with van der Waals surface area (Å²) in [4.78, 5) is 24.3. The van der Waals surface area contributed by atoms with E-state index in [9.17, 15) is 27.7 Å². The molecular weight excluding hydrogens is 441 g/mol. The summed E-state index contributed by atoms with van der Waals surface area (Å²) >= 11 is 0. The maximum absolute atomic E-state index is 13.9. The summed E-state index contributed by atoms with van der Waals surface area (Å²) in [6.45, 7) is 0.279. The van der Waals surface area contributed by atoms with E-state index in [-0.39, 0.29) is 53.8 Å². The molecule has 32 heavy (non-hydrogen) atoms.